The third-order valence-corrected chi connectivity index (χ3v) is 3.67. The number of hydrogen-bond donors (Lipinski definition) is 0. The standard InChI is InChI=1S/C16H16N3O2/c20-16(18-9-11-19(21)12-10-18)15-3-1-13(2-4-15)14-5-7-17-8-6-14/h1-8H,9-12H2/q-1. The molecule has 1 aromatic heterocycles. The zero-order valence-electron chi connectivity index (χ0n) is 11.6. The van der Waals surface area contributed by atoms with Crippen LogP contribution in [0.25, 0.3) is 11.1 Å². The van der Waals surface area contributed by atoms with E-state index in [9.17, 15) is 10.0 Å². The van der Waals surface area contributed by atoms with Gasteiger partial charge in [-0.15, -0.1) is 0 Å². The summed E-state index contributed by atoms with van der Waals surface area (Å²) in [4.78, 5) is 18.1. The predicted octanol–water partition coefficient (Wildman–Crippen LogP) is 2.00. The van der Waals surface area contributed by atoms with Crippen LogP contribution in [0.15, 0.2) is 48.8 Å². The number of benzene rings is 1. The first-order valence-electron chi connectivity index (χ1n) is 6.96. The maximum absolute atomic E-state index is 12.3. The summed E-state index contributed by atoms with van der Waals surface area (Å²) >= 11 is 0. The van der Waals surface area contributed by atoms with Crippen molar-refractivity contribution in [3.05, 3.63) is 59.6 Å². The molecule has 3 rings (SSSR count). The second kappa shape index (κ2) is 6.03. The second-order valence-corrected chi connectivity index (χ2v) is 5.03. The summed E-state index contributed by atoms with van der Waals surface area (Å²) in [7, 11) is 0. The van der Waals surface area contributed by atoms with Gasteiger partial charge >= 0.3 is 0 Å². The van der Waals surface area contributed by atoms with Crippen molar-refractivity contribution in [2.24, 2.45) is 0 Å². The van der Waals surface area contributed by atoms with Gasteiger partial charge in [0.25, 0.3) is 5.91 Å². The number of aromatic nitrogens is 1. The second-order valence-electron chi connectivity index (χ2n) is 5.03. The topological polar surface area (TPSA) is 59.5 Å². The van der Waals surface area contributed by atoms with Crippen LogP contribution in [0.2, 0.25) is 0 Å². The summed E-state index contributed by atoms with van der Waals surface area (Å²) in [5, 5.41) is 12.1. The van der Waals surface area contributed by atoms with E-state index in [-0.39, 0.29) is 5.91 Å². The number of carbonyl (C=O) groups excluding carboxylic acids is 1. The third-order valence-electron chi connectivity index (χ3n) is 3.67. The molecule has 0 spiro atoms. The Morgan fingerprint density at radius 1 is 0.905 bits per heavy atom. The molecule has 0 aliphatic carbocycles. The highest BCUT2D eigenvalue weighted by atomic mass is 16.5. The van der Waals surface area contributed by atoms with E-state index in [1.807, 2.05) is 36.4 Å². The van der Waals surface area contributed by atoms with Crippen LogP contribution >= 0.6 is 0 Å². The molecular formula is C16H16N3O2-. The molecule has 2 heterocycles. The molecule has 1 saturated heterocycles. The van der Waals surface area contributed by atoms with Gasteiger partial charge in [-0.25, -0.2) is 0 Å². The number of pyridine rings is 1. The molecule has 0 radical (unpaired) electrons. The van der Waals surface area contributed by atoms with Crippen molar-refractivity contribution in [1.29, 1.82) is 0 Å². The lowest BCUT2D eigenvalue weighted by Crippen LogP contribution is -2.46. The highest BCUT2D eigenvalue weighted by Crippen LogP contribution is 2.19. The van der Waals surface area contributed by atoms with Gasteiger partial charge in [0, 0.05) is 44.1 Å². The lowest BCUT2D eigenvalue weighted by atomic mass is 10.0. The normalized spacial score (nSPS) is 16.0. The highest BCUT2D eigenvalue weighted by Gasteiger charge is 2.18. The van der Waals surface area contributed by atoms with Crippen LogP contribution in [-0.2, 0) is 0 Å². The first kappa shape index (κ1) is 13.7. The molecule has 0 saturated carbocycles. The number of amides is 1. The quantitative estimate of drug-likeness (QED) is 0.845. The van der Waals surface area contributed by atoms with E-state index in [2.05, 4.69) is 4.98 Å². The van der Waals surface area contributed by atoms with E-state index in [1.165, 1.54) is 0 Å². The Morgan fingerprint density at radius 3 is 2.10 bits per heavy atom. The van der Waals surface area contributed by atoms with E-state index in [4.69, 9.17) is 0 Å². The van der Waals surface area contributed by atoms with Crippen molar-refractivity contribution in [2.75, 3.05) is 26.2 Å². The minimum atomic E-state index is -0.00983. The zero-order chi connectivity index (χ0) is 14.7. The molecule has 0 bridgehead atoms. The maximum atomic E-state index is 12.3. The van der Waals surface area contributed by atoms with Crippen LogP contribution in [0.3, 0.4) is 0 Å². The summed E-state index contributed by atoms with van der Waals surface area (Å²) < 4.78 is 0. The number of hydroxylamine groups is 2. The highest BCUT2D eigenvalue weighted by molar-refractivity contribution is 5.94. The Morgan fingerprint density at radius 2 is 1.48 bits per heavy atom. The lowest BCUT2D eigenvalue weighted by Gasteiger charge is -2.38. The van der Waals surface area contributed by atoms with Crippen molar-refractivity contribution < 1.29 is 4.79 Å². The largest absolute Gasteiger partial charge is 0.785 e. The minimum absolute atomic E-state index is 0.00983. The van der Waals surface area contributed by atoms with Crippen LogP contribution < -0.4 is 0 Å². The van der Waals surface area contributed by atoms with E-state index in [0.29, 0.717) is 31.7 Å². The van der Waals surface area contributed by atoms with Crippen molar-refractivity contribution in [2.45, 2.75) is 0 Å². The van der Waals surface area contributed by atoms with Gasteiger partial charge in [0.2, 0.25) is 0 Å². The molecule has 21 heavy (non-hydrogen) atoms. The fourth-order valence-electron chi connectivity index (χ4n) is 2.42. The molecule has 1 amide bonds. The van der Waals surface area contributed by atoms with Gasteiger partial charge in [-0.3, -0.25) is 9.78 Å². The first-order chi connectivity index (χ1) is 10.2. The van der Waals surface area contributed by atoms with Crippen LogP contribution in [0.5, 0.6) is 0 Å². The smallest absolute Gasteiger partial charge is 0.253 e. The molecule has 108 valence electrons. The van der Waals surface area contributed by atoms with E-state index in [1.54, 1.807) is 17.3 Å². The monoisotopic (exact) mass is 282 g/mol. The van der Waals surface area contributed by atoms with Crippen molar-refractivity contribution in [1.82, 2.24) is 14.9 Å². The Bertz CT molecular complexity index is 605. The molecular weight excluding hydrogens is 266 g/mol. The third kappa shape index (κ3) is 3.09. The van der Waals surface area contributed by atoms with Crippen LogP contribution in [0.1, 0.15) is 10.4 Å². The van der Waals surface area contributed by atoms with Gasteiger partial charge in [0.15, 0.2) is 0 Å². The fraction of sp³-hybridized carbons (Fsp3) is 0.250. The van der Waals surface area contributed by atoms with Gasteiger partial charge in [0.05, 0.1) is 0 Å². The van der Waals surface area contributed by atoms with E-state index >= 15 is 0 Å². The zero-order valence-corrected chi connectivity index (χ0v) is 11.6. The predicted molar refractivity (Wildman–Crippen MR) is 80.5 cm³/mol. The molecule has 0 unspecified atom stereocenters. The molecule has 5 nitrogen and oxygen atoms in total. The van der Waals surface area contributed by atoms with Gasteiger partial charge < -0.3 is 15.2 Å². The van der Waals surface area contributed by atoms with Crippen LogP contribution in [-0.4, -0.2) is 47.0 Å². The lowest BCUT2D eigenvalue weighted by molar-refractivity contribution is 0.0680. The average molecular weight is 282 g/mol. The van der Waals surface area contributed by atoms with Gasteiger partial charge in [0.1, 0.15) is 0 Å². The number of piperazine rings is 1. The Balaban J connectivity index is 1.73. The summed E-state index contributed by atoms with van der Waals surface area (Å²) in [5.41, 5.74) is 2.79. The van der Waals surface area contributed by atoms with E-state index in [0.717, 1.165) is 16.2 Å². The maximum Gasteiger partial charge on any atom is 0.253 e. The average Bonchev–Trinajstić information content (AvgIpc) is 2.56. The Kier molecular flexibility index (Phi) is 3.94. The van der Waals surface area contributed by atoms with Gasteiger partial charge in [-0.2, -0.15) is 0 Å². The first-order valence-corrected chi connectivity index (χ1v) is 6.96. The SMILES string of the molecule is O=C(c1ccc(-c2ccncc2)cc1)N1CCN([O-])CC1. The summed E-state index contributed by atoms with van der Waals surface area (Å²) in [6.45, 7) is 1.77. The van der Waals surface area contributed by atoms with Crippen molar-refractivity contribution >= 4 is 5.91 Å². The Labute approximate surface area is 123 Å². The summed E-state index contributed by atoms with van der Waals surface area (Å²) in [5.74, 6) is -0.00983. The number of hydrogen-bond acceptors (Lipinski definition) is 4. The number of rotatable bonds is 2. The Hall–Kier alpha value is -2.24. The number of carbonyl (C=O) groups is 1. The molecule has 0 atom stereocenters. The number of nitrogens with zero attached hydrogens (tertiary/aromatic N) is 3. The molecule has 0 N–H and O–H groups in total. The van der Waals surface area contributed by atoms with Crippen LogP contribution in [0.4, 0.5) is 0 Å². The van der Waals surface area contributed by atoms with Gasteiger partial charge in [-0.05, 0) is 35.4 Å². The molecule has 1 aliphatic heterocycles. The fourth-order valence-corrected chi connectivity index (χ4v) is 2.42. The molecule has 2 aromatic rings. The van der Waals surface area contributed by atoms with Crippen LogP contribution in [0, 0.1) is 5.21 Å². The van der Waals surface area contributed by atoms with Gasteiger partial charge in [-0.1, -0.05) is 12.1 Å². The van der Waals surface area contributed by atoms with Crippen molar-refractivity contribution in [3.63, 3.8) is 0 Å². The summed E-state index contributed by atoms with van der Waals surface area (Å²) in [6, 6.07) is 11.4. The minimum Gasteiger partial charge on any atom is -0.785 e. The van der Waals surface area contributed by atoms with Crippen molar-refractivity contribution in [3.8, 4) is 11.1 Å². The molecule has 1 aromatic carbocycles. The molecule has 1 aliphatic rings. The summed E-state index contributed by atoms with van der Waals surface area (Å²) in [6.07, 6.45) is 3.49. The van der Waals surface area contributed by atoms with E-state index < -0.39 is 0 Å². The molecule has 1 fully saturated rings. The molecule has 5 heteroatoms.